The van der Waals surface area contributed by atoms with Gasteiger partial charge in [-0.2, -0.15) is 13.2 Å². The highest BCUT2D eigenvalue weighted by molar-refractivity contribution is 7.14. The first kappa shape index (κ1) is 23.4. The van der Waals surface area contributed by atoms with Crippen LogP contribution in [0.3, 0.4) is 0 Å². The number of likely N-dealkylation sites (tertiary alicyclic amines) is 1. The van der Waals surface area contributed by atoms with E-state index in [2.05, 4.69) is 20.8 Å². The summed E-state index contributed by atoms with van der Waals surface area (Å²) in [5.74, 6) is -0.242. The Hall–Kier alpha value is -2.73. The van der Waals surface area contributed by atoms with Crippen LogP contribution in [0.2, 0.25) is 0 Å². The van der Waals surface area contributed by atoms with Crippen molar-refractivity contribution < 1.29 is 22.4 Å². The van der Waals surface area contributed by atoms with Crippen molar-refractivity contribution in [1.29, 1.82) is 0 Å². The number of hydrogen-bond acceptors (Lipinski definition) is 6. The van der Waals surface area contributed by atoms with E-state index in [0.29, 0.717) is 39.6 Å². The SMILES string of the molecule is CC(=O)NCc1nnc(-c2cc3c(N[C@H]4CCN(C)C[C@H]4F)cccc3n2CC(F)(F)F)s1. The first-order valence-electron chi connectivity index (χ1n) is 10.5. The lowest BCUT2D eigenvalue weighted by Crippen LogP contribution is -2.46. The molecule has 3 aromatic rings. The predicted molar refractivity (Wildman–Crippen MR) is 119 cm³/mol. The van der Waals surface area contributed by atoms with Crippen molar-refractivity contribution in [2.24, 2.45) is 0 Å². The van der Waals surface area contributed by atoms with Crippen molar-refractivity contribution >= 4 is 33.8 Å². The molecule has 1 fully saturated rings. The fourth-order valence-corrected chi connectivity index (χ4v) is 4.79. The van der Waals surface area contributed by atoms with Crippen molar-refractivity contribution in [1.82, 2.24) is 25.0 Å². The molecule has 2 atom stereocenters. The van der Waals surface area contributed by atoms with Crippen LogP contribution in [0.25, 0.3) is 21.6 Å². The van der Waals surface area contributed by atoms with Gasteiger partial charge in [-0.05, 0) is 31.7 Å². The average Bonchev–Trinajstić information content (AvgIpc) is 3.33. The number of carbonyl (C=O) groups is 1. The van der Waals surface area contributed by atoms with Crippen LogP contribution in [0.5, 0.6) is 0 Å². The average molecular weight is 485 g/mol. The first-order valence-corrected chi connectivity index (χ1v) is 11.3. The molecule has 2 aromatic heterocycles. The standard InChI is InChI=1S/C21H24F4N6OS/c1-12(32)26-9-19-28-29-20(33-19)18-8-13-15(27-16-6-7-30(2)10-14(16)22)4-3-5-17(13)31(18)11-21(23,24)25/h3-5,8,14,16,27H,6-7,9-11H2,1-2H3,(H,26,32)/t14-,16+/m1/s1. The number of nitrogens with one attached hydrogen (secondary N) is 2. The summed E-state index contributed by atoms with van der Waals surface area (Å²) in [6.45, 7) is 1.35. The molecule has 178 valence electrons. The van der Waals surface area contributed by atoms with Gasteiger partial charge in [0.2, 0.25) is 5.91 Å². The maximum absolute atomic E-state index is 14.6. The minimum Gasteiger partial charge on any atom is -0.379 e. The summed E-state index contributed by atoms with van der Waals surface area (Å²) in [5.41, 5.74) is 1.22. The molecule has 2 N–H and O–H groups in total. The van der Waals surface area contributed by atoms with Gasteiger partial charge >= 0.3 is 6.18 Å². The zero-order valence-electron chi connectivity index (χ0n) is 18.1. The second kappa shape index (κ2) is 9.26. The third-order valence-electron chi connectivity index (χ3n) is 5.54. The highest BCUT2D eigenvalue weighted by atomic mass is 32.1. The number of anilines is 1. The monoisotopic (exact) mass is 484 g/mol. The molecule has 33 heavy (non-hydrogen) atoms. The Bertz CT molecular complexity index is 1140. The second-order valence-corrected chi connectivity index (χ2v) is 9.26. The van der Waals surface area contributed by atoms with Gasteiger partial charge in [-0.3, -0.25) is 4.79 Å². The molecule has 0 spiro atoms. The molecule has 1 aliphatic heterocycles. The van der Waals surface area contributed by atoms with Crippen molar-refractivity contribution in [2.75, 3.05) is 25.5 Å². The van der Waals surface area contributed by atoms with E-state index in [1.807, 2.05) is 11.9 Å². The maximum Gasteiger partial charge on any atom is 0.406 e. The number of hydrogen-bond donors (Lipinski definition) is 2. The van der Waals surface area contributed by atoms with Gasteiger partial charge in [0.25, 0.3) is 0 Å². The zero-order valence-corrected chi connectivity index (χ0v) is 18.9. The zero-order chi connectivity index (χ0) is 23.8. The fraction of sp³-hybridized carbons (Fsp3) is 0.476. The fourth-order valence-electron chi connectivity index (χ4n) is 3.98. The first-order chi connectivity index (χ1) is 15.6. The van der Waals surface area contributed by atoms with E-state index in [1.54, 1.807) is 24.3 Å². The molecule has 0 saturated carbocycles. The normalized spacial score (nSPS) is 19.7. The number of nitrogens with zero attached hydrogens (tertiary/aromatic N) is 4. The van der Waals surface area contributed by atoms with E-state index in [0.717, 1.165) is 22.4 Å². The number of rotatable bonds is 6. The van der Waals surface area contributed by atoms with E-state index in [1.165, 1.54) is 6.92 Å². The number of carbonyl (C=O) groups excluding carboxylic acids is 1. The van der Waals surface area contributed by atoms with Crippen LogP contribution < -0.4 is 10.6 Å². The topological polar surface area (TPSA) is 75.1 Å². The Morgan fingerprint density at radius 2 is 2.09 bits per heavy atom. The predicted octanol–water partition coefficient (Wildman–Crippen LogP) is 3.81. The number of benzene rings is 1. The van der Waals surface area contributed by atoms with Crippen molar-refractivity contribution in [3.8, 4) is 10.7 Å². The van der Waals surface area contributed by atoms with E-state index in [9.17, 15) is 22.4 Å². The number of aromatic nitrogens is 3. The van der Waals surface area contributed by atoms with Crippen LogP contribution >= 0.6 is 11.3 Å². The molecular formula is C21H24F4N6OS. The molecule has 1 amide bonds. The lowest BCUT2D eigenvalue weighted by atomic mass is 10.0. The van der Waals surface area contributed by atoms with Gasteiger partial charge < -0.3 is 20.1 Å². The van der Waals surface area contributed by atoms with Crippen LogP contribution in [-0.2, 0) is 17.9 Å². The van der Waals surface area contributed by atoms with Gasteiger partial charge in [-0.15, -0.1) is 10.2 Å². The van der Waals surface area contributed by atoms with Gasteiger partial charge in [0.15, 0.2) is 5.01 Å². The highest BCUT2D eigenvalue weighted by Crippen LogP contribution is 2.36. The van der Waals surface area contributed by atoms with Gasteiger partial charge in [0, 0.05) is 31.1 Å². The van der Waals surface area contributed by atoms with Gasteiger partial charge in [-0.25, -0.2) is 4.39 Å². The molecular weight excluding hydrogens is 460 g/mol. The molecule has 0 radical (unpaired) electrons. The Kier molecular flexibility index (Phi) is 6.57. The van der Waals surface area contributed by atoms with Crippen LogP contribution in [-0.4, -0.2) is 64.1 Å². The summed E-state index contributed by atoms with van der Waals surface area (Å²) in [5, 5.41) is 15.2. The summed E-state index contributed by atoms with van der Waals surface area (Å²) >= 11 is 1.11. The van der Waals surface area contributed by atoms with E-state index in [-0.39, 0.29) is 18.1 Å². The Balaban J connectivity index is 1.72. The molecule has 0 bridgehead atoms. The van der Waals surface area contributed by atoms with Crippen LogP contribution in [0, 0.1) is 0 Å². The summed E-state index contributed by atoms with van der Waals surface area (Å²) < 4.78 is 56.1. The van der Waals surface area contributed by atoms with Gasteiger partial charge in [0.1, 0.15) is 17.7 Å². The minimum absolute atomic E-state index is 0.146. The summed E-state index contributed by atoms with van der Waals surface area (Å²) in [4.78, 5) is 13.1. The van der Waals surface area contributed by atoms with Gasteiger partial charge in [0.05, 0.1) is 23.8 Å². The van der Waals surface area contributed by atoms with Crippen molar-refractivity contribution in [3.63, 3.8) is 0 Å². The molecule has 1 aliphatic rings. The number of piperidine rings is 1. The molecule has 0 unspecified atom stereocenters. The lowest BCUT2D eigenvalue weighted by Gasteiger charge is -2.33. The largest absolute Gasteiger partial charge is 0.406 e. The number of fused-ring (bicyclic) bond motifs is 1. The van der Waals surface area contributed by atoms with Crippen molar-refractivity contribution in [3.05, 3.63) is 29.3 Å². The third kappa shape index (κ3) is 5.44. The summed E-state index contributed by atoms with van der Waals surface area (Å²) in [7, 11) is 1.86. The van der Waals surface area contributed by atoms with Gasteiger partial charge in [-0.1, -0.05) is 17.4 Å². The van der Waals surface area contributed by atoms with E-state index >= 15 is 0 Å². The second-order valence-electron chi connectivity index (χ2n) is 8.20. The minimum atomic E-state index is -4.45. The van der Waals surface area contributed by atoms with Crippen LogP contribution in [0.1, 0.15) is 18.4 Å². The smallest absolute Gasteiger partial charge is 0.379 e. The Morgan fingerprint density at radius 3 is 2.79 bits per heavy atom. The van der Waals surface area contributed by atoms with Crippen LogP contribution in [0.4, 0.5) is 23.2 Å². The van der Waals surface area contributed by atoms with Crippen LogP contribution in [0.15, 0.2) is 24.3 Å². The molecule has 0 aliphatic carbocycles. The summed E-state index contributed by atoms with van der Waals surface area (Å²) in [6.07, 6.45) is -4.95. The number of alkyl halides is 4. The molecule has 4 rings (SSSR count). The number of amides is 1. The number of halogens is 4. The van der Waals surface area contributed by atoms with E-state index in [4.69, 9.17) is 0 Å². The Morgan fingerprint density at radius 1 is 1.30 bits per heavy atom. The van der Waals surface area contributed by atoms with E-state index < -0.39 is 24.9 Å². The summed E-state index contributed by atoms with van der Waals surface area (Å²) in [6, 6.07) is 6.22. The highest BCUT2D eigenvalue weighted by Gasteiger charge is 2.32. The molecule has 1 aromatic carbocycles. The Labute approximate surface area is 191 Å². The quantitative estimate of drug-likeness (QED) is 0.521. The maximum atomic E-state index is 14.6. The van der Waals surface area contributed by atoms with Crippen molar-refractivity contribution in [2.45, 2.75) is 44.8 Å². The third-order valence-corrected chi connectivity index (χ3v) is 6.49. The molecule has 1 saturated heterocycles. The molecule has 12 heteroatoms. The lowest BCUT2D eigenvalue weighted by molar-refractivity contribution is -0.139. The molecule has 3 heterocycles. The molecule has 7 nitrogen and oxygen atoms in total.